The van der Waals surface area contributed by atoms with Gasteiger partial charge in [0.2, 0.25) is 21.8 Å². The van der Waals surface area contributed by atoms with Gasteiger partial charge in [-0.15, -0.1) is 0 Å². The average Bonchev–Trinajstić information content (AvgIpc) is 2.73. The molecule has 0 saturated carbocycles. The number of sulfonamides is 1. The van der Waals surface area contributed by atoms with Gasteiger partial charge in [-0.3, -0.25) is 9.59 Å². The highest BCUT2D eigenvalue weighted by Gasteiger charge is 2.17. The molecule has 2 amide bonds. The van der Waals surface area contributed by atoms with Crippen molar-refractivity contribution >= 4 is 39.1 Å². The van der Waals surface area contributed by atoms with Gasteiger partial charge in [0.15, 0.2) is 11.5 Å². The molecule has 0 bridgehead atoms. The van der Waals surface area contributed by atoms with E-state index in [1.54, 1.807) is 24.3 Å². The van der Waals surface area contributed by atoms with Gasteiger partial charge in [-0.25, -0.2) is 13.1 Å². The van der Waals surface area contributed by atoms with E-state index in [0.29, 0.717) is 16.5 Å². The average molecular weight is 456 g/mol. The van der Waals surface area contributed by atoms with Crippen molar-refractivity contribution in [1.29, 1.82) is 0 Å². The third-order valence-electron chi connectivity index (χ3n) is 3.88. The third-order valence-corrected chi connectivity index (χ3v) is 5.59. The highest BCUT2D eigenvalue weighted by Crippen LogP contribution is 2.29. The zero-order valence-corrected chi connectivity index (χ0v) is 18.0. The third kappa shape index (κ3) is 6.90. The van der Waals surface area contributed by atoms with Gasteiger partial charge in [-0.2, -0.15) is 0 Å². The Hall–Kier alpha value is -2.82. The van der Waals surface area contributed by atoms with Gasteiger partial charge in [0, 0.05) is 29.7 Å². The van der Waals surface area contributed by atoms with Gasteiger partial charge in [0.25, 0.3) is 0 Å². The van der Waals surface area contributed by atoms with Crippen LogP contribution in [0.3, 0.4) is 0 Å². The fraction of sp³-hybridized carbons (Fsp3) is 0.263. The van der Waals surface area contributed by atoms with E-state index in [2.05, 4.69) is 15.4 Å². The minimum Gasteiger partial charge on any atom is -0.493 e. The predicted molar refractivity (Wildman–Crippen MR) is 112 cm³/mol. The first-order valence-electron chi connectivity index (χ1n) is 8.79. The topological polar surface area (TPSA) is 123 Å². The molecule has 162 valence electrons. The van der Waals surface area contributed by atoms with E-state index in [9.17, 15) is 18.0 Å². The van der Waals surface area contributed by atoms with Gasteiger partial charge in [0.1, 0.15) is 0 Å². The quantitative estimate of drug-likeness (QED) is 0.502. The number of methoxy groups -OCH3 is 2. The van der Waals surface area contributed by atoms with Crippen LogP contribution < -0.4 is 24.8 Å². The first kappa shape index (κ1) is 23.5. The lowest BCUT2D eigenvalue weighted by Crippen LogP contribution is -2.35. The molecule has 0 atom stereocenters. The van der Waals surface area contributed by atoms with Crippen LogP contribution in [0.25, 0.3) is 0 Å². The highest BCUT2D eigenvalue weighted by atomic mass is 35.5. The number of benzene rings is 2. The highest BCUT2D eigenvalue weighted by molar-refractivity contribution is 7.89. The smallest absolute Gasteiger partial charge is 0.243 e. The van der Waals surface area contributed by atoms with Crippen LogP contribution in [0.1, 0.15) is 6.42 Å². The molecule has 0 spiro atoms. The number of rotatable bonds is 10. The van der Waals surface area contributed by atoms with Crippen LogP contribution in [0, 0.1) is 0 Å². The van der Waals surface area contributed by atoms with Crippen LogP contribution in [0.15, 0.2) is 47.4 Å². The number of ether oxygens (including phenoxy) is 2. The van der Waals surface area contributed by atoms with Crippen molar-refractivity contribution < 1.29 is 27.5 Å². The first-order valence-corrected chi connectivity index (χ1v) is 10.6. The Morgan fingerprint density at radius 2 is 1.63 bits per heavy atom. The molecule has 9 nitrogen and oxygen atoms in total. The normalized spacial score (nSPS) is 10.9. The van der Waals surface area contributed by atoms with Crippen LogP contribution in [-0.2, 0) is 19.6 Å². The summed E-state index contributed by atoms with van der Waals surface area (Å²) in [5, 5.41) is 5.56. The zero-order chi connectivity index (χ0) is 22.1. The molecule has 0 aliphatic carbocycles. The number of hydrogen-bond acceptors (Lipinski definition) is 6. The lowest BCUT2D eigenvalue weighted by Gasteiger charge is -2.11. The number of carbonyl (C=O) groups excluding carboxylic acids is 2. The molecule has 0 aliphatic heterocycles. The van der Waals surface area contributed by atoms with E-state index in [4.69, 9.17) is 21.1 Å². The van der Waals surface area contributed by atoms with E-state index < -0.39 is 21.8 Å². The second-order valence-corrected chi connectivity index (χ2v) is 8.20. The molecule has 0 unspecified atom stereocenters. The molecule has 2 aromatic rings. The molecule has 0 heterocycles. The van der Waals surface area contributed by atoms with Crippen LogP contribution >= 0.6 is 11.6 Å². The van der Waals surface area contributed by atoms with E-state index in [0.717, 1.165) is 0 Å². The lowest BCUT2D eigenvalue weighted by molar-refractivity contribution is -0.124. The Bertz CT molecular complexity index is 996. The van der Waals surface area contributed by atoms with Crippen molar-refractivity contribution in [2.45, 2.75) is 11.3 Å². The van der Waals surface area contributed by atoms with Crippen molar-refractivity contribution in [2.75, 3.05) is 32.6 Å². The summed E-state index contributed by atoms with van der Waals surface area (Å²) in [7, 11) is -1.00. The Morgan fingerprint density at radius 3 is 2.27 bits per heavy atom. The second-order valence-electron chi connectivity index (χ2n) is 6.00. The predicted octanol–water partition coefficient (Wildman–Crippen LogP) is 1.78. The molecule has 30 heavy (non-hydrogen) atoms. The molecule has 3 N–H and O–H groups in total. The minimum absolute atomic E-state index is 0.0251. The molecule has 11 heteroatoms. The number of amides is 2. The number of hydrogen-bond donors (Lipinski definition) is 3. The minimum atomic E-state index is -3.84. The van der Waals surface area contributed by atoms with Crippen LogP contribution in [0.2, 0.25) is 5.02 Å². The summed E-state index contributed by atoms with van der Waals surface area (Å²) in [6.07, 6.45) is -0.138. The van der Waals surface area contributed by atoms with Crippen molar-refractivity contribution in [3.63, 3.8) is 0 Å². The number of nitrogens with one attached hydrogen (secondary N) is 3. The maximum absolute atomic E-state index is 12.4. The van der Waals surface area contributed by atoms with Crippen molar-refractivity contribution in [3.05, 3.63) is 47.5 Å². The monoisotopic (exact) mass is 455 g/mol. The summed E-state index contributed by atoms with van der Waals surface area (Å²) in [6, 6.07) is 10.7. The fourth-order valence-electron chi connectivity index (χ4n) is 2.37. The van der Waals surface area contributed by atoms with Crippen molar-refractivity contribution in [3.8, 4) is 11.5 Å². The molecule has 0 fully saturated rings. The Morgan fingerprint density at radius 1 is 0.967 bits per heavy atom. The molecular formula is C19H22ClN3O6S. The van der Waals surface area contributed by atoms with Gasteiger partial charge in [-0.05, 0) is 36.4 Å². The van der Waals surface area contributed by atoms with Gasteiger partial charge < -0.3 is 20.1 Å². The summed E-state index contributed by atoms with van der Waals surface area (Å²) in [5.41, 5.74) is 0.543. The summed E-state index contributed by atoms with van der Waals surface area (Å²) >= 11 is 5.77. The molecule has 0 radical (unpaired) electrons. The fourth-order valence-corrected chi connectivity index (χ4v) is 3.54. The Labute approximate surface area is 179 Å². The molecule has 0 aromatic heterocycles. The lowest BCUT2D eigenvalue weighted by atomic mass is 10.3. The van der Waals surface area contributed by atoms with Crippen LogP contribution in [0.5, 0.6) is 11.5 Å². The van der Waals surface area contributed by atoms with E-state index in [1.807, 2.05) is 0 Å². The Kier molecular flexibility index (Phi) is 8.46. The van der Waals surface area contributed by atoms with Gasteiger partial charge in [0.05, 0.1) is 25.7 Å². The van der Waals surface area contributed by atoms with Gasteiger partial charge >= 0.3 is 0 Å². The second kappa shape index (κ2) is 10.8. The van der Waals surface area contributed by atoms with E-state index in [1.165, 1.54) is 32.4 Å². The summed E-state index contributed by atoms with van der Waals surface area (Å²) in [5.74, 6) is -0.231. The number of carbonyl (C=O) groups is 2. The van der Waals surface area contributed by atoms with Crippen LogP contribution in [0.4, 0.5) is 5.69 Å². The molecule has 0 saturated heterocycles. The maximum atomic E-state index is 12.4. The maximum Gasteiger partial charge on any atom is 0.243 e. The summed E-state index contributed by atoms with van der Waals surface area (Å²) in [4.78, 5) is 23.7. The number of anilines is 1. The zero-order valence-electron chi connectivity index (χ0n) is 16.4. The largest absolute Gasteiger partial charge is 0.493 e. The molecule has 2 rings (SSSR count). The van der Waals surface area contributed by atoms with E-state index >= 15 is 0 Å². The number of halogens is 1. The van der Waals surface area contributed by atoms with Crippen LogP contribution in [-0.4, -0.2) is 47.5 Å². The SMILES string of the molecule is COc1ccc(S(=O)(=O)NCCC(=O)NCC(=O)Nc2ccc(Cl)cc2)cc1OC. The molecular weight excluding hydrogens is 434 g/mol. The van der Waals surface area contributed by atoms with E-state index in [-0.39, 0.29) is 30.2 Å². The standard InChI is InChI=1S/C19H22ClN3O6S/c1-28-16-8-7-15(11-17(16)29-2)30(26,27)22-10-9-18(24)21-12-19(25)23-14-5-3-13(20)4-6-14/h3-8,11,22H,9-10,12H2,1-2H3,(H,21,24)(H,23,25). The van der Waals surface area contributed by atoms with Gasteiger partial charge in [-0.1, -0.05) is 11.6 Å². The Balaban J connectivity index is 1.79. The first-order chi connectivity index (χ1) is 14.2. The van der Waals surface area contributed by atoms with Crippen molar-refractivity contribution in [2.24, 2.45) is 0 Å². The summed E-state index contributed by atoms with van der Waals surface area (Å²) < 4.78 is 37.2. The van der Waals surface area contributed by atoms with Crippen molar-refractivity contribution in [1.82, 2.24) is 10.0 Å². The molecule has 2 aromatic carbocycles. The summed E-state index contributed by atoms with van der Waals surface area (Å²) in [6.45, 7) is -0.384. The molecule has 0 aliphatic rings.